The monoisotopic (exact) mass is 290 g/mol. The predicted molar refractivity (Wildman–Crippen MR) is 77.8 cm³/mol. The molecule has 102 valence electrons. The summed E-state index contributed by atoms with van der Waals surface area (Å²) in [5.41, 5.74) is 5.73. The van der Waals surface area contributed by atoms with Crippen LogP contribution in [0.4, 0.5) is 0 Å². The van der Waals surface area contributed by atoms with Gasteiger partial charge in [-0.2, -0.15) is 0 Å². The molecule has 1 aliphatic rings. The lowest BCUT2D eigenvalue weighted by molar-refractivity contribution is 0.199. The topological polar surface area (TPSA) is 38.5 Å². The van der Waals surface area contributed by atoms with Crippen LogP contribution in [0.2, 0.25) is 5.02 Å². The molecule has 18 heavy (non-hydrogen) atoms. The average Bonchev–Trinajstić information content (AvgIpc) is 2.79. The molecule has 3 nitrogen and oxygen atoms in total. The molecule has 0 aliphatic carbocycles. The van der Waals surface area contributed by atoms with Gasteiger partial charge < -0.3 is 10.5 Å². The molecule has 2 rings (SSSR count). The molecular formula is C13H20Cl2N2O. The highest BCUT2D eigenvalue weighted by molar-refractivity contribution is 6.30. The SMILES string of the molecule is Cl.NCC1CCCN1CCOc1ccc(Cl)cc1. The van der Waals surface area contributed by atoms with Gasteiger partial charge in [0.05, 0.1) is 0 Å². The summed E-state index contributed by atoms with van der Waals surface area (Å²) in [6.45, 7) is 3.55. The van der Waals surface area contributed by atoms with Gasteiger partial charge in [-0.05, 0) is 43.7 Å². The van der Waals surface area contributed by atoms with E-state index < -0.39 is 0 Å². The van der Waals surface area contributed by atoms with Gasteiger partial charge in [-0.15, -0.1) is 12.4 Å². The summed E-state index contributed by atoms with van der Waals surface area (Å²) in [7, 11) is 0. The summed E-state index contributed by atoms with van der Waals surface area (Å²) in [6, 6.07) is 8.02. The Morgan fingerprint density at radius 3 is 2.72 bits per heavy atom. The highest BCUT2D eigenvalue weighted by atomic mass is 35.5. The van der Waals surface area contributed by atoms with E-state index in [1.54, 1.807) is 0 Å². The van der Waals surface area contributed by atoms with Crippen molar-refractivity contribution in [3.8, 4) is 5.75 Å². The van der Waals surface area contributed by atoms with E-state index in [1.807, 2.05) is 24.3 Å². The molecule has 0 saturated carbocycles. The first-order chi connectivity index (χ1) is 8.29. The average molecular weight is 291 g/mol. The van der Waals surface area contributed by atoms with Crippen molar-refractivity contribution in [1.29, 1.82) is 0 Å². The fourth-order valence-corrected chi connectivity index (χ4v) is 2.39. The Labute approximate surface area is 120 Å². The van der Waals surface area contributed by atoms with Crippen molar-refractivity contribution in [3.05, 3.63) is 29.3 Å². The van der Waals surface area contributed by atoms with Gasteiger partial charge >= 0.3 is 0 Å². The van der Waals surface area contributed by atoms with Crippen molar-refractivity contribution < 1.29 is 4.74 Å². The molecular weight excluding hydrogens is 271 g/mol. The van der Waals surface area contributed by atoms with Gasteiger partial charge in [-0.3, -0.25) is 4.90 Å². The number of benzene rings is 1. The lowest BCUT2D eigenvalue weighted by Gasteiger charge is -2.22. The van der Waals surface area contributed by atoms with E-state index in [4.69, 9.17) is 22.1 Å². The fraction of sp³-hybridized carbons (Fsp3) is 0.538. The minimum Gasteiger partial charge on any atom is -0.492 e. The number of ether oxygens (including phenoxy) is 1. The van der Waals surface area contributed by atoms with Crippen LogP contribution in [-0.2, 0) is 0 Å². The third-order valence-electron chi connectivity index (χ3n) is 3.23. The van der Waals surface area contributed by atoms with Gasteiger partial charge in [0, 0.05) is 24.2 Å². The maximum atomic E-state index is 5.81. The predicted octanol–water partition coefficient (Wildman–Crippen LogP) is 2.56. The molecule has 1 saturated heterocycles. The first-order valence-electron chi connectivity index (χ1n) is 6.12. The number of likely N-dealkylation sites (tertiary alicyclic amines) is 1. The van der Waals surface area contributed by atoms with Crippen LogP contribution >= 0.6 is 24.0 Å². The summed E-state index contributed by atoms with van der Waals surface area (Å²) in [5.74, 6) is 0.873. The molecule has 1 aromatic carbocycles. The van der Waals surface area contributed by atoms with E-state index in [-0.39, 0.29) is 12.4 Å². The van der Waals surface area contributed by atoms with Crippen LogP contribution < -0.4 is 10.5 Å². The van der Waals surface area contributed by atoms with E-state index in [1.165, 1.54) is 12.8 Å². The summed E-state index contributed by atoms with van der Waals surface area (Å²) in [6.07, 6.45) is 2.47. The Morgan fingerprint density at radius 1 is 1.33 bits per heavy atom. The largest absolute Gasteiger partial charge is 0.492 e. The van der Waals surface area contributed by atoms with E-state index >= 15 is 0 Å². The zero-order valence-electron chi connectivity index (χ0n) is 10.3. The Bertz CT molecular complexity index is 345. The normalized spacial score (nSPS) is 19.6. The first kappa shape index (κ1) is 15.6. The molecule has 1 atom stereocenters. The van der Waals surface area contributed by atoms with Crippen molar-refractivity contribution in [2.75, 3.05) is 26.2 Å². The molecule has 1 unspecified atom stereocenters. The summed E-state index contributed by atoms with van der Waals surface area (Å²) in [4.78, 5) is 2.41. The highest BCUT2D eigenvalue weighted by Crippen LogP contribution is 2.17. The highest BCUT2D eigenvalue weighted by Gasteiger charge is 2.22. The molecule has 0 amide bonds. The minimum absolute atomic E-state index is 0. The molecule has 1 aliphatic heterocycles. The van der Waals surface area contributed by atoms with Crippen LogP contribution in [0.15, 0.2) is 24.3 Å². The Balaban J connectivity index is 0.00000162. The van der Waals surface area contributed by atoms with Gasteiger partial charge in [0.15, 0.2) is 0 Å². The van der Waals surface area contributed by atoms with Crippen LogP contribution in [0.3, 0.4) is 0 Å². The summed E-state index contributed by atoms with van der Waals surface area (Å²) < 4.78 is 5.67. The fourth-order valence-electron chi connectivity index (χ4n) is 2.27. The lowest BCUT2D eigenvalue weighted by atomic mass is 10.2. The number of nitrogens with zero attached hydrogens (tertiary/aromatic N) is 1. The molecule has 2 N–H and O–H groups in total. The number of nitrogens with two attached hydrogens (primary N) is 1. The number of rotatable bonds is 5. The number of hydrogen-bond acceptors (Lipinski definition) is 3. The second kappa shape index (κ2) is 7.85. The molecule has 1 fully saturated rings. The molecule has 0 aromatic heterocycles. The minimum atomic E-state index is 0. The van der Waals surface area contributed by atoms with E-state index in [9.17, 15) is 0 Å². The maximum absolute atomic E-state index is 5.81. The van der Waals surface area contributed by atoms with Crippen molar-refractivity contribution in [3.63, 3.8) is 0 Å². The third-order valence-corrected chi connectivity index (χ3v) is 3.48. The molecule has 0 radical (unpaired) electrons. The molecule has 1 aromatic rings. The second-order valence-electron chi connectivity index (χ2n) is 4.37. The quantitative estimate of drug-likeness (QED) is 0.906. The van der Waals surface area contributed by atoms with Gasteiger partial charge in [0.2, 0.25) is 0 Å². The molecule has 0 spiro atoms. The van der Waals surface area contributed by atoms with Gasteiger partial charge in [0.1, 0.15) is 12.4 Å². The standard InChI is InChI=1S/C13H19ClN2O.ClH/c14-11-3-5-13(6-4-11)17-9-8-16-7-1-2-12(16)10-15;/h3-6,12H,1-2,7-10,15H2;1H. The van der Waals surface area contributed by atoms with Gasteiger partial charge in [0.25, 0.3) is 0 Å². The van der Waals surface area contributed by atoms with Crippen molar-refractivity contribution in [2.24, 2.45) is 5.73 Å². The second-order valence-corrected chi connectivity index (χ2v) is 4.81. The molecule has 5 heteroatoms. The molecule has 0 bridgehead atoms. The van der Waals surface area contributed by atoms with Gasteiger partial charge in [-0.1, -0.05) is 11.6 Å². The molecule has 1 heterocycles. The van der Waals surface area contributed by atoms with Crippen LogP contribution in [0.25, 0.3) is 0 Å². The Morgan fingerprint density at radius 2 is 2.06 bits per heavy atom. The van der Waals surface area contributed by atoms with E-state index in [2.05, 4.69) is 4.90 Å². The maximum Gasteiger partial charge on any atom is 0.119 e. The Hall–Kier alpha value is -0.480. The zero-order chi connectivity index (χ0) is 12.1. The van der Waals surface area contributed by atoms with Crippen molar-refractivity contribution in [2.45, 2.75) is 18.9 Å². The zero-order valence-corrected chi connectivity index (χ0v) is 11.9. The van der Waals surface area contributed by atoms with Crippen LogP contribution in [0.5, 0.6) is 5.75 Å². The number of hydrogen-bond donors (Lipinski definition) is 1. The number of halogens is 2. The van der Waals surface area contributed by atoms with Crippen LogP contribution in [0, 0.1) is 0 Å². The van der Waals surface area contributed by atoms with Gasteiger partial charge in [-0.25, -0.2) is 0 Å². The van der Waals surface area contributed by atoms with Crippen LogP contribution in [0.1, 0.15) is 12.8 Å². The Kier molecular flexibility index (Phi) is 6.79. The third kappa shape index (κ3) is 4.32. The lowest BCUT2D eigenvalue weighted by Crippen LogP contribution is -2.37. The smallest absolute Gasteiger partial charge is 0.119 e. The van der Waals surface area contributed by atoms with E-state index in [0.717, 1.165) is 30.4 Å². The van der Waals surface area contributed by atoms with Crippen LogP contribution in [-0.4, -0.2) is 37.2 Å². The van der Waals surface area contributed by atoms with E-state index in [0.29, 0.717) is 12.6 Å². The van der Waals surface area contributed by atoms with Crippen molar-refractivity contribution in [1.82, 2.24) is 4.90 Å². The summed E-state index contributed by atoms with van der Waals surface area (Å²) >= 11 is 5.81. The van der Waals surface area contributed by atoms with Crippen molar-refractivity contribution >= 4 is 24.0 Å². The first-order valence-corrected chi connectivity index (χ1v) is 6.50. The summed E-state index contributed by atoms with van der Waals surface area (Å²) in [5, 5.41) is 0.736.